The number of halogens is 1. The van der Waals surface area contributed by atoms with E-state index in [1.807, 2.05) is 0 Å². The zero-order valence-electron chi connectivity index (χ0n) is 22.1. The Bertz CT molecular complexity index is 1280. The maximum Gasteiger partial charge on any atom is 0.468 e. The first-order chi connectivity index (χ1) is 18.7. The fourth-order valence-electron chi connectivity index (χ4n) is 2.95. The van der Waals surface area contributed by atoms with Crippen LogP contribution >= 0.6 is 19.2 Å². The maximum absolute atomic E-state index is 13.5. The molecule has 0 spiro atoms. The minimum atomic E-state index is -4.94. The van der Waals surface area contributed by atoms with Crippen LogP contribution in [0.4, 0.5) is 4.79 Å². The Labute approximate surface area is 234 Å². The molecule has 0 aliphatic heterocycles. The van der Waals surface area contributed by atoms with Crippen LogP contribution in [0.25, 0.3) is 0 Å². The number of carbonyl (C=O) groups excluding carboxylic acids is 5. The highest BCUT2D eigenvalue weighted by atomic mass is 35.5. The Balaban J connectivity index is 2.31. The number of imide groups is 1. The summed E-state index contributed by atoms with van der Waals surface area (Å²) in [5.41, 5.74) is -1.19. The lowest BCUT2D eigenvalue weighted by atomic mass is 10.1. The van der Waals surface area contributed by atoms with E-state index in [9.17, 15) is 33.4 Å². The highest BCUT2D eigenvalue weighted by molar-refractivity contribution is 7.52. The van der Waals surface area contributed by atoms with Crippen molar-refractivity contribution in [1.82, 2.24) is 10.0 Å². The van der Waals surface area contributed by atoms with Crippen molar-refractivity contribution in [3.05, 3.63) is 70.7 Å². The highest BCUT2D eigenvalue weighted by Gasteiger charge is 2.42. The number of hydrogen-bond donors (Lipinski definition) is 1. The van der Waals surface area contributed by atoms with Crippen LogP contribution in [0, 0.1) is 0 Å². The molecule has 0 bridgehead atoms. The molecule has 3 amide bonds. The molecule has 0 aliphatic carbocycles. The molecule has 1 N–H and O–H groups in total. The van der Waals surface area contributed by atoms with Crippen LogP contribution in [0.5, 0.6) is 0 Å². The quantitative estimate of drug-likeness (QED) is 0.189. The van der Waals surface area contributed by atoms with Crippen molar-refractivity contribution in [3.63, 3.8) is 0 Å². The van der Waals surface area contributed by atoms with Gasteiger partial charge < -0.3 is 14.4 Å². The smallest absolute Gasteiger partial charge is 0.454 e. The van der Waals surface area contributed by atoms with Gasteiger partial charge in [-0.1, -0.05) is 41.4 Å². The fourth-order valence-corrected chi connectivity index (χ4v) is 3.61. The van der Waals surface area contributed by atoms with Crippen molar-refractivity contribution in [2.45, 2.75) is 39.7 Å². The van der Waals surface area contributed by atoms with E-state index in [-0.39, 0.29) is 17.5 Å². The largest absolute Gasteiger partial charge is 0.468 e. The van der Waals surface area contributed by atoms with Crippen molar-refractivity contribution < 1.29 is 52.5 Å². The highest BCUT2D eigenvalue weighted by Crippen LogP contribution is 2.42. The van der Waals surface area contributed by atoms with Crippen LogP contribution in [-0.4, -0.2) is 63.3 Å². The molecule has 15 heteroatoms. The summed E-state index contributed by atoms with van der Waals surface area (Å²) < 4.78 is 25.7. The van der Waals surface area contributed by atoms with Crippen molar-refractivity contribution >= 4 is 49.0 Å². The molecule has 0 saturated carbocycles. The third-order valence-corrected chi connectivity index (χ3v) is 5.77. The van der Waals surface area contributed by atoms with Gasteiger partial charge in [-0.05, 0) is 57.2 Å². The van der Waals surface area contributed by atoms with E-state index in [0.29, 0.717) is 10.0 Å². The molecule has 1 atom stereocenters. The van der Waals surface area contributed by atoms with Crippen molar-refractivity contribution in [2.75, 3.05) is 13.0 Å². The third-order valence-electron chi connectivity index (χ3n) is 4.76. The van der Waals surface area contributed by atoms with Crippen molar-refractivity contribution in [1.29, 1.82) is 0 Å². The minimum absolute atomic E-state index is 0.00552. The van der Waals surface area contributed by atoms with Gasteiger partial charge in [-0.15, -0.1) is 5.01 Å². The number of hydrogen-bond acceptors (Lipinski definition) is 10. The van der Waals surface area contributed by atoms with Gasteiger partial charge in [0, 0.05) is 22.6 Å². The van der Waals surface area contributed by atoms with Crippen LogP contribution in [0.2, 0.25) is 5.02 Å². The predicted octanol–water partition coefficient (Wildman–Crippen LogP) is 4.35. The molecular formula is C25H28ClN2O11P. The van der Waals surface area contributed by atoms with Gasteiger partial charge >= 0.3 is 25.6 Å². The third kappa shape index (κ3) is 9.45. The molecule has 2 rings (SSSR count). The minimum Gasteiger partial charge on any atom is -0.454 e. The molecule has 2 aromatic rings. The Morgan fingerprint density at radius 3 is 2.00 bits per heavy atom. The van der Waals surface area contributed by atoms with E-state index in [4.69, 9.17) is 11.6 Å². The molecule has 0 saturated heterocycles. The number of rotatable bonds is 9. The standard InChI is InChI=1S/C25H28ClN2O11P/c1-5-20(29)36-15-21(30)37-16-40(34,35)39-38-24(33)27(22(31)18-11-13-19(26)14-12-18)28(25(2,3)4)23(32)17-9-7-6-8-10-17/h6-14H,5,15-16H2,1-4H3,(H,34,35). The van der Waals surface area contributed by atoms with E-state index in [1.54, 1.807) is 18.2 Å². The summed E-state index contributed by atoms with van der Waals surface area (Å²) in [6.07, 6.45) is -2.94. The number of carbonyl (C=O) groups is 5. The summed E-state index contributed by atoms with van der Waals surface area (Å²) in [7, 11) is -4.94. The van der Waals surface area contributed by atoms with Crippen LogP contribution < -0.4 is 0 Å². The lowest BCUT2D eigenvalue weighted by Gasteiger charge is -2.41. The molecule has 1 unspecified atom stereocenters. The second kappa shape index (κ2) is 14.0. The van der Waals surface area contributed by atoms with E-state index in [2.05, 4.69) is 19.0 Å². The van der Waals surface area contributed by atoms with E-state index in [0.717, 1.165) is 5.01 Å². The zero-order chi connectivity index (χ0) is 30.1. The van der Waals surface area contributed by atoms with Gasteiger partial charge in [0.2, 0.25) is 0 Å². The van der Waals surface area contributed by atoms with Gasteiger partial charge in [-0.2, -0.15) is 0 Å². The number of esters is 2. The molecule has 13 nitrogen and oxygen atoms in total. The fraction of sp³-hybridized carbons (Fsp3) is 0.320. The monoisotopic (exact) mass is 598 g/mol. The molecule has 0 fully saturated rings. The van der Waals surface area contributed by atoms with Crippen LogP contribution in [-0.2, 0) is 33.2 Å². The molecule has 0 radical (unpaired) electrons. The van der Waals surface area contributed by atoms with E-state index < -0.39 is 55.9 Å². The Morgan fingerprint density at radius 2 is 1.45 bits per heavy atom. The first kappa shape index (κ1) is 32.4. The zero-order valence-corrected chi connectivity index (χ0v) is 23.7. The number of amides is 3. The van der Waals surface area contributed by atoms with Crippen LogP contribution in [0.1, 0.15) is 54.8 Å². The second-order valence-corrected chi connectivity index (χ2v) is 11.1. The van der Waals surface area contributed by atoms with E-state index >= 15 is 0 Å². The predicted molar refractivity (Wildman–Crippen MR) is 140 cm³/mol. The number of nitrogens with zero attached hydrogens (tertiary/aromatic N) is 2. The molecule has 0 aliphatic rings. The van der Waals surface area contributed by atoms with Crippen LogP contribution in [0.15, 0.2) is 54.6 Å². The lowest BCUT2D eigenvalue weighted by molar-refractivity contribution is -0.176. The molecular weight excluding hydrogens is 571 g/mol. The second-order valence-electron chi connectivity index (χ2n) is 9.00. The molecule has 0 aromatic heterocycles. The maximum atomic E-state index is 13.5. The summed E-state index contributed by atoms with van der Waals surface area (Å²) in [4.78, 5) is 77.4. The Kier molecular flexibility index (Phi) is 11.4. The molecule has 0 heterocycles. The number of ether oxygens (including phenoxy) is 2. The van der Waals surface area contributed by atoms with Gasteiger partial charge in [0.1, 0.15) is 0 Å². The van der Waals surface area contributed by atoms with Crippen molar-refractivity contribution in [2.24, 2.45) is 0 Å². The Morgan fingerprint density at radius 1 is 0.875 bits per heavy atom. The normalized spacial score (nSPS) is 12.4. The van der Waals surface area contributed by atoms with Gasteiger partial charge in [0.15, 0.2) is 13.0 Å². The average Bonchev–Trinajstić information content (AvgIpc) is 2.91. The van der Waals surface area contributed by atoms with E-state index in [1.165, 1.54) is 64.1 Å². The topological polar surface area (TPSA) is 166 Å². The summed E-state index contributed by atoms with van der Waals surface area (Å²) in [6.45, 7) is 5.27. The first-order valence-corrected chi connectivity index (χ1v) is 13.8. The lowest BCUT2D eigenvalue weighted by Crippen LogP contribution is -2.60. The van der Waals surface area contributed by atoms with Gasteiger partial charge in [0.25, 0.3) is 11.8 Å². The number of benzene rings is 2. The summed E-state index contributed by atoms with van der Waals surface area (Å²) in [5, 5.41) is 1.41. The number of hydrazine groups is 1. The first-order valence-electron chi connectivity index (χ1n) is 11.7. The molecule has 216 valence electrons. The molecule has 2 aromatic carbocycles. The van der Waals surface area contributed by atoms with Gasteiger partial charge in [-0.3, -0.25) is 23.8 Å². The average molecular weight is 599 g/mol. The van der Waals surface area contributed by atoms with Gasteiger partial charge in [-0.25, -0.2) is 14.6 Å². The summed E-state index contributed by atoms with van der Waals surface area (Å²) in [5.74, 6) is -3.71. The van der Waals surface area contributed by atoms with Crippen molar-refractivity contribution in [3.8, 4) is 0 Å². The van der Waals surface area contributed by atoms with Crippen LogP contribution in [0.3, 0.4) is 0 Å². The SMILES string of the molecule is CCC(=O)OCC(=O)OCP(=O)(O)OOC(=O)N(C(=O)c1ccc(Cl)cc1)N(C(=O)c1ccccc1)C(C)(C)C. The van der Waals surface area contributed by atoms with Gasteiger partial charge in [0.05, 0.1) is 5.54 Å². The molecule has 40 heavy (non-hydrogen) atoms. The summed E-state index contributed by atoms with van der Waals surface area (Å²) >= 11 is 5.90. The Hall–Kier alpha value is -3.77. The summed E-state index contributed by atoms with van der Waals surface area (Å²) in [6, 6.07) is 13.1.